The highest BCUT2D eigenvalue weighted by Crippen LogP contribution is 2.02. The van der Waals surface area contributed by atoms with Crippen LogP contribution in [-0.4, -0.2) is 18.5 Å². The van der Waals surface area contributed by atoms with E-state index >= 15 is 0 Å². The van der Waals surface area contributed by atoms with Gasteiger partial charge in [0, 0.05) is 18.6 Å². The van der Waals surface area contributed by atoms with Gasteiger partial charge in [0.15, 0.2) is 0 Å². The number of nitrogens with zero attached hydrogens (tertiary/aromatic N) is 1. The summed E-state index contributed by atoms with van der Waals surface area (Å²) < 4.78 is 0. The molecule has 0 radical (unpaired) electrons. The van der Waals surface area contributed by atoms with Gasteiger partial charge in [0.1, 0.15) is 0 Å². The van der Waals surface area contributed by atoms with Gasteiger partial charge in [-0.1, -0.05) is 48.0 Å². The highest BCUT2D eigenvalue weighted by atomic mass is 35.5. The predicted molar refractivity (Wildman–Crippen MR) is 57.8 cm³/mol. The van der Waals surface area contributed by atoms with Crippen LogP contribution in [0.15, 0.2) is 41.9 Å². The number of rotatable bonds is 4. The minimum atomic E-state index is 0.887. The van der Waals surface area contributed by atoms with Crippen molar-refractivity contribution in [1.82, 2.24) is 4.90 Å². The summed E-state index contributed by atoms with van der Waals surface area (Å²) in [5, 5.41) is 0. The van der Waals surface area contributed by atoms with Gasteiger partial charge in [-0.15, -0.1) is 0 Å². The van der Waals surface area contributed by atoms with Crippen molar-refractivity contribution in [3.05, 3.63) is 47.5 Å². The van der Waals surface area contributed by atoms with Crippen LogP contribution in [0, 0.1) is 0 Å². The zero-order valence-electron chi connectivity index (χ0n) is 7.78. The third-order valence-corrected chi connectivity index (χ3v) is 1.98. The van der Waals surface area contributed by atoms with Crippen molar-refractivity contribution >= 4 is 11.6 Å². The van der Waals surface area contributed by atoms with Gasteiger partial charge in [-0.2, -0.15) is 0 Å². The average Bonchev–Trinajstić information content (AvgIpc) is 2.16. The third-order valence-electron chi connectivity index (χ3n) is 1.80. The lowest BCUT2D eigenvalue weighted by Gasteiger charge is -2.13. The molecule has 0 aromatic heterocycles. The van der Waals surface area contributed by atoms with E-state index in [1.54, 1.807) is 5.54 Å². The van der Waals surface area contributed by atoms with Crippen LogP contribution in [0.5, 0.6) is 0 Å². The lowest BCUT2D eigenvalue weighted by Crippen LogP contribution is -2.17. The van der Waals surface area contributed by atoms with Gasteiger partial charge in [-0.3, -0.25) is 4.90 Å². The Morgan fingerprint density at radius 2 is 2.00 bits per heavy atom. The molecule has 0 aliphatic carbocycles. The Hall–Kier alpha value is -0.790. The fourth-order valence-electron chi connectivity index (χ4n) is 1.18. The predicted octanol–water partition coefficient (Wildman–Crippen LogP) is 2.87. The van der Waals surface area contributed by atoms with Crippen LogP contribution in [0.3, 0.4) is 0 Å². The molecule has 0 aliphatic rings. The van der Waals surface area contributed by atoms with Crippen LogP contribution in [-0.2, 0) is 6.54 Å². The van der Waals surface area contributed by atoms with Crippen molar-refractivity contribution in [3.8, 4) is 0 Å². The highest BCUT2D eigenvalue weighted by Gasteiger charge is 1.95. The molecule has 0 aliphatic heterocycles. The topological polar surface area (TPSA) is 3.24 Å². The van der Waals surface area contributed by atoms with Gasteiger partial charge in [-0.05, 0) is 12.6 Å². The summed E-state index contributed by atoms with van der Waals surface area (Å²) in [7, 11) is 2.07. The molecule has 1 nitrogen and oxygen atoms in total. The Morgan fingerprint density at radius 3 is 2.62 bits per heavy atom. The zero-order valence-corrected chi connectivity index (χ0v) is 8.54. The van der Waals surface area contributed by atoms with Crippen molar-refractivity contribution < 1.29 is 0 Å². The molecular formula is C11H14ClN. The Morgan fingerprint density at radius 1 is 1.31 bits per heavy atom. The molecule has 0 unspecified atom stereocenters. The van der Waals surface area contributed by atoms with Gasteiger partial charge in [0.05, 0.1) is 0 Å². The van der Waals surface area contributed by atoms with Crippen molar-refractivity contribution in [1.29, 1.82) is 0 Å². The van der Waals surface area contributed by atoms with Gasteiger partial charge >= 0.3 is 0 Å². The second-order valence-corrected chi connectivity index (χ2v) is 3.30. The minimum Gasteiger partial charge on any atom is -0.298 e. The number of likely N-dealkylation sites (N-methyl/N-ethyl adjacent to an activating group) is 1. The molecule has 2 heteroatoms. The SMILES string of the molecule is CN(C/C=C/Cl)Cc1ccccc1. The van der Waals surface area contributed by atoms with E-state index in [0.717, 1.165) is 13.1 Å². The number of benzene rings is 1. The van der Waals surface area contributed by atoms with Crippen LogP contribution in [0.4, 0.5) is 0 Å². The molecule has 1 rings (SSSR count). The van der Waals surface area contributed by atoms with E-state index in [-0.39, 0.29) is 0 Å². The highest BCUT2D eigenvalue weighted by molar-refractivity contribution is 6.25. The quantitative estimate of drug-likeness (QED) is 0.714. The maximum absolute atomic E-state index is 5.44. The minimum absolute atomic E-state index is 0.887. The summed E-state index contributed by atoms with van der Waals surface area (Å²) in [6, 6.07) is 10.4. The molecule has 0 saturated carbocycles. The molecule has 1 aromatic rings. The Bertz CT molecular complexity index is 256. The number of hydrogen-bond acceptors (Lipinski definition) is 1. The van der Waals surface area contributed by atoms with Crippen molar-refractivity contribution in [2.75, 3.05) is 13.6 Å². The van der Waals surface area contributed by atoms with E-state index < -0.39 is 0 Å². The van der Waals surface area contributed by atoms with Gasteiger partial charge in [0.2, 0.25) is 0 Å². The van der Waals surface area contributed by atoms with Crippen LogP contribution in [0.2, 0.25) is 0 Å². The number of halogens is 1. The van der Waals surface area contributed by atoms with Crippen molar-refractivity contribution in [3.63, 3.8) is 0 Å². The number of hydrogen-bond donors (Lipinski definition) is 0. The molecule has 1 aromatic carbocycles. The summed E-state index contributed by atoms with van der Waals surface area (Å²) in [4.78, 5) is 2.20. The lowest BCUT2D eigenvalue weighted by molar-refractivity contribution is 0.363. The van der Waals surface area contributed by atoms with Crippen molar-refractivity contribution in [2.45, 2.75) is 6.54 Å². The van der Waals surface area contributed by atoms with Crippen LogP contribution in [0.1, 0.15) is 5.56 Å². The molecule has 0 saturated heterocycles. The van der Waals surface area contributed by atoms with E-state index in [0.29, 0.717) is 0 Å². The zero-order chi connectivity index (χ0) is 9.52. The van der Waals surface area contributed by atoms with Crippen molar-refractivity contribution in [2.24, 2.45) is 0 Å². The molecule has 0 spiro atoms. The molecule has 70 valence electrons. The first-order valence-electron chi connectivity index (χ1n) is 4.30. The average molecular weight is 196 g/mol. The van der Waals surface area contributed by atoms with E-state index in [1.807, 2.05) is 12.1 Å². The maximum atomic E-state index is 5.44. The van der Waals surface area contributed by atoms with Crippen LogP contribution < -0.4 is 0 Å². The molecular weight excluding hydrogens is 182 g/mol. The molecule has 0 heterocycles. The van der Waals surface area contributed by atoms with Gasteiger partial charge in [0.25, 0.3) is 0 Å². The third kappa shape index (κ3) is 4.11. The normalized spacial score (nSPS) is 11.3. The Kier molecular flexibility index (Phi) is 4.58. The molecule has 0 N–H and O–H groups in total. The monoisotopic (exact) mass is 195 g/mol. The summed E-state index contributed by atoms with van der Waals surface area (Å²) in [5.41, 5.74) is 2.88. The van der Waals surface area contributed by atoms with Gasteiger partial charge < -0.3 is 0 Å². The fourth-order valence-corrected chi connectivity index (χ4v) is 1.26. The summed E-state index contributed by atoms with van der Waals surface area (Å²) in [6.07, 6.45) is 1.94. The fraction of sp³-hybridized carbons (Fsp3) is 0.273. The Labute approximate surface area is 84.6 Å². The maximum Gasteiger partial charge on any atom is 0.0233 e. The van der Waals surface area contributed by atoms with E-state index in [4.69, 9.17) is 11.6 Å². The Balaban J connectivity index is 2.40. The largest absolute Gasteiger partial charge is 0.298 e. The summed E-state index contributed by atoms with van der Waals surface area (Å²) in [6.45, 7) is 1.85. The summed E-state index contributed by atoms with van der Waals surface area (Å²) >= 11 is 5.44. The first kappa shape index (κ1) is 10.3. The first-order valence-corrected chi connectivity index (χ1v) is 4.74. The van der Waals surface area contributed by atoms with Crippen LogP contribution in [0.25, 0.3) is 0 Å². The molecule has 0 atom stereocenters. The first-order chi connectivity index (χ1) is 6.33. The summed E-state index contributed by atoms with van der Waals surface area (Å²) in [5.74, 6) is 0. The van der Waals surface area contributed by atoms with Crippen LogP contribution >= 0.6 is 11.6 Å². The molecule has 13 heavy (non-hydrogen) atoms. The lowest BCUT2D eigenvalue weighted by atomic mass is 10.2. The van der Waals surface area contributed by atoms with Gasteiger partial charge in [-0.25, -0.2) is 0 Å². The van der Waals surface area contributed by atoms with E-state index in [2.05, 4.69) is 36.2 Å². The van der Waals surface area contributed by atoms with E-state index in [1.165, 1.54) is 5.56 Å². The molecule has 0 bridgehead atoms. The standard InChI is InChI=1S/C11H14ClN/c1-13(9-5-8-12)10-11-6-3-2-4-7-11/h2-8H,9-10H2,1H3/b8-5+. The smallest absolute Gasteiger partial charge is 0.0233 e. The molecule has 0 fully saturated rings. The van der Waals surface area contributed by atoms with E-state index in [9.17, 15) is 0 Å². The second kappa shape index (κ2) is 5.79. The second-order valence-electron chi connectivity index (χ2n) is 3.04. The molecule has 0 amide bonds.